The Labute approximate surface area is 146 Å². The molecule has 124 valence electrons. The molecule has 0 spiro atoms. The van der Waals surface area contributed by atoms with E-state index in [1.807, 2.05) is 11.7 Å². The predicted octanol–water partition coefficient (Wildman–Crippen LogP) is 3.77. The zero-order valence-corrected chi connectivity index (χ0v) is 14.5. The van der Waals surface area contributed by atoms with E-state index < -0.39 is 0 Å². The molecule has 1 fully saturated rings. The van der Waals surface area contributed by atoms with Crippen molar-refractivity contribution < 1.29 is 0 Å². The second-order valence-corrected chi connectivity index (χ2v) is 7.17. The number of hydrogen-bond donors (Lipinski definition) is 0. The van der Waals surface area contributed by atoms with Crippen LogP contribution in [-0.4, -0.2) is 32.5 Å². The van der Waals surface area contributed by atoms with Gasteiger partial charge in [-0.3, -0.25) is 4.90 Å². The molecule has 0 N–H and O–H groups in total. The minimum atomic E-state index is 0.510. The second-order valence-electron chi connectivity index (χ2n) is 6.45. The summed E-state index contributed by atoms with van der Waals surface area (Å²) in [5.74, 6) is 1.72. The maximum absolute atomic E-state index is 4.67. The monoisotopic (exact) mass is 338 g/mol. The van der Waals surface area contributed by atoms with Crippen LogP contribution in [0.1, 0.15) is 35.8 Å². The van der Waals surface area contributed by atoms with Crippen LogP contribution in [0.3, 0.4) is 0 Å². The molecule has 1 aliphatic heterocycles. The van der Waals surface area contributed by atoms with Crippen LogP contribution in [0, 0.1) is 0 Å². The summed E-state index contributed by atoms with van der Waals surface area (Å²) >= 11 is 1.65. The molecule has 1 aromatic carbocycles. The molecule has 3 aromatic rings. The van der Waals surface area contributed by atoms with E-state index in [0.29, 0.717) is 5.92 Å². The van der Waals surface area contributed by atoms with Gasteiger partial charge in [0.25, 0.3) is 0 Å². The summed E-state index contributed by atoms with van der Waals surface area (Å²) in [7, 11) is 0. The average molecular weight is 338 g/mol. The lowest BCUT2D eigenvalue weighted by molar-refractivity contribution is 0.195. The molecule has 0 bridgehead atoms. The first-order chi connectivity index (χ1) is 11.9. The van der Waals surface area contributed by atoms with Crippen molar-refractivity contribution in [2.24, 2.45) is 0 Å². The molecule has 0 radical (unpaired) electrons. The summed E-state index contributed by atoms with van der Waals surface area (Å²) in [5.41, 5.74) is 4.41. The first-order valence-electron chi connectivity index (χ1n) is 8.53. The van der Waals surface area contributed by atoms with Crippen molar-refractivity contribution in [3.63, 3.8) is 0 Å². The van der Waals surface area contributed by atoms with Crippen LogP contribution in [0.25, 0.3) is 0 Å². The maximum atomic E-state index is 4.67. The third-order valence-corrected chi connectivity index (χ3v) is 5.32. The van der Waals surface area contributed by atoms with Gasteiger partial charge in [0, 0.05) is 36.8 Å². The van der Waals surface area contributed by atoms with Crippen molar-refractivity contribution in [2.75, 3.05) is 13.1 Å². The van der Waals surface area contributed by atoms with E-state index in [1.165, 1.54) is 30.8 Å². The lowest BCUT2D eigenvalue weighted by Crippen LogP contribution is -2.35. The van der Waals surface area contributed by atoms with E-state index in [4.69, 9.17) is 0 Å². The second kappa shape index (κ2) is 7.28. The lowest BCUT2D eigenvalue weighted by Gasteiger charge is -2.32. The standard InChI is InChI=1S/C19H22N4S/c1-2-5-16(6-3-1)11-22-9-4-7-17(12-22)19-20-8-10-23(19)13-18-14-24-15-21-18/h1-3,5-6,8,10,14-15,17H,4,7,9,11-13H2/t17-/m0/s1. The summed E-state index contributed by atoms with van der Waals surface area (Å²) in [5, 5.41) is 2.12. The number of thiazole rings is 1. The van der Waals surface area contributed by atoms with Crippen LogP contribution in [0.4, 0.5) is 0 Å². The average Bonchev–Trinajstić information content (AvgIpc) is 3.28. The van der Waals surface area contributed by atoms with Gasteiger partial charge in [-0.2, -0.15) is 0 Å². The molecule has 4 rings (SSSR count). The number of likely N-dealkylation sites (tertiary alicyclic amines) is 1. The largest absolute Gasteiger partial charge is 0.329 e. The lowest BCUT2D eigenvalue weighted by atomic mass is 9.96. The Morgan fingerprint density at radius 2 is 2.04 bits per heavy atom. The van der Waals surface area contributed by atoms with Crippen molar-refractivity contribution in [1.29, 1.82) is 0 Å². The highest BCUT2D eigenvalue weighted by atomic mass is 32.1. The van der Waals surface area contributed by atoms with Gasteiger partial charge in [-0.1, -0.05) is 30.3 Å². The fourth-order valence-electron chi connectivity index (χ4n) is 3.56. The van der Waals surface area contributed by atoms with E-state index in [-0.39, 0.29) is 0 Å². The summed E-state index contributed by atoms with van der Waals surface area (Å²) in [6, 6.07) is 10.8. The van der Waals surface area contributed by atoms with Gasteiger partial charge in [0.1, 0.15) is 5.82 Å². The summed E-state index contributed by atoms with van der Waals surface area (Å²) in [4.78, 5) is 11.6. The molecule has 0 saturated carbocycles. The van der Waals surface area contributed by atoms with E-state index in [1.54, 1.807) is 11.3 Å². The Kier molecular flexibility index (Phi) is 4.71. The van der Waals surface area contributed by atoms with Crippen LogP contribution in [0.2, 0.25) is 0 Å². The highest BCUT2D eigenvalue weighted by Gasteiger charge is 2.24. The Morgan fingerprint density at radius 1 is 1.12 bits per heavy atom. The molecule has 1 atom stereocenters. The van der Waals surface area contributed by atoms with Gasteiger partial charge in [-0.15, -0.1) is 11.3 Å². The number of aromatic nitrogens is 3. The SMILES string of the molecule is c1ccc(CN2CCC[C@H](c3nccn3Cc3cscn3)C2)cc1. The van der Waals surface area contributed by atoms with Crippen LogP contribution in [0.5, 0.6) is 0 Å². The van der Waals surface area contributed by atoms with Gasteiger partial charge in [0.05, 0.1) is 17.7 Å². The van der Waals surface area contributed by atoms with Crippen LogP contribution in [0.15, 0.2) is 53.6 Å². The molecule has 4 nitrogen and oxygen atoms in total. The van der Waals surface area contributed by atoms with Gasteiger partial charge >= 0.3 is 0 Å². The van der Waals surface area contributed by atoms with Crippen molar-refractivity contribution in [2.45, 2.75) is 31.8 Å². The Morgan fingerprint density at radius 3 is 2.88 bits per heavy atom. The summed E-state index contributed by atoms with van der Waals surface area (Å²) < 4.78 is 2.27. The number of imidazole rings is 1. The third-order valence-electron chi connectivity index (χ3n) is 4.68. The molecule has 2 aromatic heterocycles. The molecule has 0 amide bonds. The van der Waals surface area contributed by atoms with E-state index in [9.17, 15) is 0 Å². The number of nitrogens with zero attached hydrogens (tertiary/aromatic N) is 4. The van der Waals surface area contributed by atoms with Gasteiger partial charge in [-0.25, -0.2) is 9.97 Å². The van der Waals surface area contributed by atoms with Crippen LogP contribution < -0.4 is 0 Å². The quantitative estimate of drug-likeness (QED) is 0.710. The van der Waals surface area contributed by atoms with E-state index in [0.717, 1.165) is 25.3 Å². The van der Waals surface area contributed by atoms with E-state index in [2.05, 4.69) is 61.3 Å². The fraction of sp³-hybridized carbons (Fsp3) is 0.368. The smallest absolute Gasteiger partial charge is 0.113 e. The normalized spacial score (nSPS) is 18.8. The predicted molar refractivity (Wildman–Crippen MR) is 97.1 cm³/mol. The zero-order chi connectivity index (χ0) is 16.2. The number of rotatable bonds is 5. The number of benzene rings is 1. The molecular weight excluding hydrogens is 316 g/mol. The summed E-state index contributed by atoms with van der Waals surface area (Å²) in [6.45, 7) is 4.12. The van der Waals surface area contributed by atoms with Crippen molar-refractivity contribution in [3.8, 4) is 0 Å². The Balaban J connectivity index is 1.45. The fourth-order valence-corrected chi connectivity index (χ4v) is 4.11. The van der Waals surface area contributed by atoms with Gasteiger partial charge < -0.3 is 4.57 Å². The molecule has 5 heteroatoms. The third kappa shape index (κ3) is 3.57. The molecule has 3 heterocycles. The molecule has 1 aliphatic rings. The Bertz CT molecular complexity index is 751. The zero-order valence-electron chi connectivity index (χ0n) is 13.7. The van der Waals surface area contributed by atoms with Crippen molar-refractivity contribution in [3.05, 3.63) is 70.7 Å². The first-order valence-corrected chi connectivity index (χ1v) is 9.47. The maximum Gasteiger partial charge on any atom is 0.113 e. The van der Waals surface area contributed by atoms with E-state index >= 15 is 0 Å². The van der Waals surface area contributed by atoms with Crippen molar-refractivity contribution in [1.82, 2.24) is 19.4 Å². The van der Waals surface area contributed by atoms with Gasteiger partial charge in [0.2, 0.25) is 0 Å². The molecule has 0 aliphatic carbocycles. The number of hydrogen-bond acceptors (Lipinski definition) is 4. The first kappa shape index (κ1) is 15.5. The molecule has 1 saturated heterocycles. The van der Waals surface area contributed by atoms with Crippen LogP contribution in [-0.2, 0) is 13.1 Å². The van der Waals surface area contributed by atoms with Gasteiger partial charge in [-0.05, 0) is 24.9 Å². The minimum Gasteiger partial charge on any atom is -0.329 e. The van der Waals surface area contributed by atoms with Crippen LogP contribution >= 0.6 is 11.3 Å². The van der Waals surface area contributed by atoms with Crippen molar-refractivity contribution >= 4 is 11.3 Å². The Hall–Kier alpha value is -1.98. The topological polar surface area (TPSA) is 34.0 Å². The molecular formula is C19H22N4S. The van der Waals surface area contributed by atoms with Gasteiger partial charge in [0.15, 0.2) is 0 Å². The molecule has 24 heavy (non-hydrogen) atoms. The minimum absolute atomic E-state index is 0.510. The highest BCUT2D eigenvalue weighted by molar-refractivity contribution is 7.07. The number of piperidine rings is 1. The highest BCUT2D eigenvalue weighted by Crippen LogP contribution is 2.27. The molecule has 0 unspecified atom stereocenters. The summed E-state index contributed by atoms with van der Waals surface area (Å²) in [6.07, 6.45) is 6.48.